The molecule has 4 rings (SSSR count). The molecule has 1 N–H and O–H groups in total. The van der Waals surface area contributed by atoms with E-state index in [1.165, 1.54) is 11.3 Å². The first kappa shape index (κ1) is 21.9. The zero-order valence-corrected chi connectivity index (χ0v) is 19.0. The molecular weight excluding hydrogens is 457 g/mol. The van der Waals surface area contributed by atoms with E-state index in [-0.39, 0.29) is 12.3 Å². The number of morpholine rings is 1. The van der Waals surface area contributed by atoms with Crippen molar-refractivity contribution < 1.29 is 14.3 Å². The summed E-state index contributed by atoms with van der Waals surface area (Å²) >= 11 is 13.8. The fourth-order valence-electron chi connectivity index (χ4n) is 3.26. The lowest BCUT2D eigenvalue weighted by molar-refractivity contribution is -0.115. The summed E-state index contributed by atoms with van der Waals surface area (Å²) in [6.07, 6.45) is 0.173. The lowest BCUT2D eigenvalue weighted by Gasteiger charge is -2.31. The summed E-state index contributed by atoms with van der Waals surface area (Å²) < 4.78 is 11.1. The van der Waals surface area contributed by atoms with Crippen molar-refractivity contribution in [3.05, 3.63) is 68.6 Å². The Bertz CT molecular complexity index is 1040. The predicted octanol–water partition coefficient (Wildman–Crippen LogP) is 5.05. The Morgan fingerprint density at radius 1 is 1.16 bits per heavy atom. The lowest BCUT2D eigenvalue weighted by atomic mass is 10.2. The standard InChI is InChI=1S/C22H21Cl2N3O3S/c23-15-4-6-17(7-5-15)30-13-21-25-16(14-31-21)12-20(28)26-19-3-1-2-18(24)22(19)27-8-10-29-11-9-27/h1-7,14H,8-13H2,(H,26,28). The fraction of sp³-hybridized carbons (Fsp3) is 0.273. The second kappa shape index (κ2) is 10.3. The van der Waals surface area contributed by atoms with Crippen molar-refractivity contribution >= 4 is 51.8 Å². The number of ether oxygens (including phenoxy) is 2. The molecule has 2 aromatic carbocycles. The number of aromatic nitrogens is 1. The number of carbonyl (C=O) groups is 1. The highest BCUT2D eigenvalue weighted by Crippen LogP contribution is 2.34. The van der Waals surface area contributed by atoms with Crippen molar-refractivity contribution in [1.29, 1.82) is 0 Å². The van der Waals surface area contributed by atoms with E-state index in [2.05, 4.69) is 15.2 Å². The van der Waals surface area contributed by atoms with E-state index >= 15 is 0 Å². The topological polar surface area (TPSA) is 63.7 Å². The van der Waals surface area contributed by atoms with Gasteiger partial charge in [-0.25, -0.2) is 4.98 Å². The highest BCUT2D eigenvalue weighted by molar-refractivity contribution is 7.09. The van der Waals surface area contributed by atoms with Gasteiger partial charge in [0.15, 0.2) is 0 Å². The first-order chi connectivity index (χ1) is 15.1. The maximum Gasteiger partial charge on any atom is 0.230 e. The molecule has 0 saturated carbocycles. The molecule has 9 heteroatoms. The van der Waals surface area contributed by atoms with Gasteiger partial charge in [-0.15, -0.1) is 11.3 Å². The Hall–Kier alpha value is -2.32. The number of amides is 1. The number of anilines is 2. The Morgan fingerprint density at radius 2 is 1.94 bits per heavy atom. The summed E-state index contributed by atoms with van der Waals surface area (Å²) in [5, 5.41) is 6.93. The molecule has 0 aliphatic carbocycles. The highest BCUT2D eigenvalue weighted by Gasteiger charge is 2.19. The Balaban J connectivity index is 1.36. The summed E-state index contributed by atoms with van der Waals surface area (Å²) in [5.74, 6) is 0.572. The van der Waals surface area contributed by atoms with Crippen LogP contribution in [0.2, 0.25) is 10.0 Å². The van der Waals surface area contributed by atoms with E-state index in [9.17, 15) is 4.79 Å². The molecule has 1 aliphatic heterocycles. The third-order valence-corrected chi connectivity index (χ3v) is 6.13. The van der Waals surface area contributed by atoms with Crippen LogP contribution >= 0.6 is 34.5 Å². The normalized spacial score (nSPS) is 13.8. The number of para-hydroxylation sites is 1. The van der Waals surface area contributed by atoms with E-state index in [0.29, 0.717) is 41.2 Å². The van der Waals surface area contributed by atoms with Gasteiger partial charge in [0.1, 0.15) is 17.4 Å². The molecule has 1 amide bonds. The van der Waals surface area contributed by atoms with Crippen LogP contribution in [0.5, 0.6) is 5.75 Å². The SMILES string of the molecule is O=C(Cc1csc(COc2ccc(Cl)cc2)n1)Nc1cccc(Cl)c1N1CCOCC1. The minimum Gasteiger partial charge on any atom is -0.486 e. The largest absolute Gasteiger partial charge is 0.486 e. The number of nitrogens with zero attached hydrogens (tertiary/aromatic N) is 2. The van der Waals surface area contributed by atoms with Crippen molar-refractivity contribution in [1.82, 2.24) is 4.98 Å². The lowest BCUT2D eigenvalue weighted by Crippen LogP contribution is -2.37. The number of halogens is 2. The van der Waals surface area contributed by atoms with Gasteiger partial charge in [0.2, 0.25) is 5.91 Å². The monoisotopic (exact) mass is 477 g/mol. The van der Waals surface area contributed by atoms with E-state index in [0.717, 1.165) is 29.5 Å². The van der Waals surface area contributed by atoms with Crippen LogP contribution in [0.15, 0.2) is 47.8 Å². The van der Waals surface area contributed by atoms with E-state index in [4.69, 9.17) is 32.7 Å². The zero-order valence-electron chi connectivity index (χ0n) is 16.6. The van der Waals surface area contributed by atoms with Crippen molar-refractivity contribution in [2.45, 2.75) is 13.0 Å². The number of nitrogens with one attached hydrogen (secondary N) is 1. The van der Waals surface area contributed by atoms with Crippen LogP contribution in [0, 0.1) is 0 Å². The maximum atomic E-state index is 12.7. The molecule has 6 nitrogen and oxygen atoms in total. The Kier molecular flexibility index (Phi) is 7.29. The molecule has 0 radical (unpaired) electrons. The summed E-state index contributed by atoms with van der Waals surface area (Å²) in [6, 6.07) is 12.7. The minimum atomic E-state index is -0.146. The molecule has 1 fully saturated rings. The summed E-state index contributed by atoms with van der Waals surface area (Å²) in [4.78, 5) is 19.3. The smallest absolute Gasteiger partial charge is 0.230 e. The van der Waals surface area contributed by atoms with Crippen molar-refractivity contribution in [2.24, 2.45) is 0 Å². The van der Waals surface area contributed by atoms with Gasteiger partial charge in [0, 0.05) is 23.5 Å². The number of thiazole rings is 1. The summed E-state index contributed by atoms with van der Waals surface area (Å²) in [6.45, 7) is 3.07. The molecule has 0 atom stereocenters. The van der Waals surface area contributed by atoms with Gasteiger partial charge in [-0.1, -0.05) is 29.3 Å². The molecule has 0 bridgehead atoms. The fourth-order valence-corrected chi connectivity index (χ4v) is 4.38. The van der Waals surface area contributed by atoms with Crippen LogP contribution in [0.3, 0.4) is 0 Å². The molecule has 0 spiro atoms. The first-order valence-electron chi connectivity index (χ1n) is 9.81. The van der Waals surface area contributed by atoms with Crippen LogP contribution in [0.4, 0.5) is 11.4 Å². The van der Waals surface area contributed by atoms with Crippen molar-refractivity contribution in [2.75, 3.05) is 36.5 Å². The third-order valence-electron chi connectivity index (χ3n) is 4.71. The first-order valence-corrected chi connectivity index (χ1v) is 11.4. The van der Waals surface area contributed by atoms with E-state index < -0.39 is 0 Å². The van der Waals surface area contributed by atoms with E-state index in [1.807, 2.05) is 23.6 Å². The zero-order chi connectivity index (χ0) is 21.6. The van der Waals surface area contributed by atoms with Gasteiger partial charge in [-0.05, 0) is 36.4 Å². The number of hydrogen-bond acceptors (Lipinski definition) is 6. The van der Waals surface area contributed by atoms with E-state index in [1.54, 1.807) is 24.3 Å². The van der Waals surface area contributed by atoms with Crippen molar-refractivity contribution in [3.63, 3.8) is 0 Å². The van der Waals surface area contributed by atoms with Crippen LogP contribution in [0.25, 0.3) is 0 Å². The molecule has 3 aromatic rings. The van der Waals surface area contributed by atoms with Crippen molar-refractivity contribution in [3.8, 4) is 5.75 Å². The molecule has 1 aliphatic rings. The third kappa shape index (κ3) is 5.89. The maximum absolute atomic E-state index is 12.7. The van der Waals surface area contributed by atoms with Crippen LogP contribution in [0.1, 0.15) is 10.7 Å². The molecule has 1 aromatic heterocycles. The Morgan fingerprint density at radius 3 is 2.71 bits per heavy atom. The number of rotatable bonds is 7. The summed E-state index contributed by atoms with van der Waals surface area (Å²) in [7, 11) is 0. The molecule has 1 saturated heterocycles. The van der Waals surface area contributed by atoms with Gasteiger partial charge < -0.3 is 19.7 Å². The highest BCUT2D eigenvalue weighted by atomic mass is 35.5. The minimum absolute atomic E-state index is 0.146. The number of benzene rings is 2. The summed E-state index contributed by atoms with van der Waals surface area (Å²) in [5.41, 5.74) is 2.23. The second-order valence-electron chi connectivity index (χ2n) is 6.94. The number of carbonyl (C=O) groups excluding carboxylic acids is 1. The van der Waals surface area contributed by atoms with Gasteiger partial charge >= 0.3 is 0 Å². The molecule has 31 heavy (non-hydrogen) atoms. The number of hydrogen-bond donors (Lipinski definition) is 1. The van der Waals surface area contributed by atoms with Gasteiger partial charge in [0.25, 0.3) is 0 Å². The van der Waals surface area contributed by atoms with Gasteiger partial charge in [-0.2, -0.15) is 0 Å². The van der Waals surface area contributed by atoms with Gasteiger partial charge in [0.05, 0.1) is 41.7 Å². The Labute approximate surface area is 194 Å². The molecule has 162 valence electrons. The average molecular weight is 478 g/mol. The van der Waals surface area contributed by atoms with Crippen LogP contribution in [-0.4, -0.2) is 37.2 Å². The molecular formula is C22H21Cl2N3O3S. The van der Waals surface area contributed by atoms with Crippen LogP contribution < -0.4 is 15.0 Å². The molecule has 2 heterocycles. The van der Waals surface area contributed by atoms with Crippen LogP contribution in [-0.2, 0) is 22.6 Å². The average Bonchev–Trinajstić information content (AvgIpc) is 3.21. The molecule has 0 unspecified atom stereocenters. The predicted molar refractivity (Wildman–Crippen MR) is 125 cm³/mol. The second-order valence-corrected chi connectivity index (χ2v) is 8.72. The quantitative estimate of drug-likeness (QED) is 0.515. The van der Waals surface area contributed by atoms with Gasteiger partial charge in [-0.3, -0.25) is 4.79 Å².